The van der Waals surface area contributed by atoms with Crippen LogP contribution in [0, 0.1) is 11.8 Å². The highest BCUT2D eigenvalue weighted by molar-refractivity contribution is 7.90. The van der Waals surface area contributed by atoms with Gasteiger partial charge in [-0.25, -0.2) is 31.1 Å². The standard InChI is InChI=1S/C18H25N3O5S.C13H17N3O3S/c1-6-12-11-18(12,20-16(23)26-17(2,3)4)15(22)21-27(24,25)14-10-8-7-9-13(14)19-5;1-3-9-8-13(9,14)12(17)16-20(18,19)11-7-5-4-6-10(11)15-2/h6-10,12,19H,1,11H2,2-5H3,(H,20,23)(H,21,22);3-7,9,15H,1,8,14H2,2H3,(H,16,17)/t12-,18-;9-,13-/m11/s1. The lowest BCUT2D eigenvalue weighted by molar-refractivity contribution is -0.123. The van der Waals surface area contributed by atoms with Gasteiger partial charge in [0.25, 0.3) is 31.9 Å². The van der Waals surface area contributed by atoms with Crippen LogP contribution in [0.25, 0.3) is 0 Å². The summed E-state index contributed by atoms with van der Waals surface area (Å²) in [5.74, 6) is -2.10. The Balaban J connectivity index is 0.000000267. The third-order valence-electron chi connectivity index (χ3n) is 7.54. The summed E-state index contributed by atoms with van der Waals surface area (Å²) in [5, 5.41) is 8.05. The number of nitrogens with two attached hydrogens (primary N) is 1. The predicted molar refractivity (Wildman–Crippen MR) is 178 cm³/mol. The number of nitrogens with one attached hydrogen (secondary N) is 5. The Bertz CT molecular complexity index is 1770. The molecule has 0 unspecified atom stereocenters. The highest BCUT2D eigenvalue weighted by Gasteiger charge is 2.61. The van der Waals surface area contributed by atoms with Crippen LogP contribution in [0.3, 0.4) is 0 Å². The van der Waals surface area contributed by atoms with E-state index in [0.29, 0.717) is 17.8 Å². The van der Waals surface area contributed by atoms with Crippen LogP contribution in [0.1, 0.15) is 33.6 Å². The molecule has 3 amide bonds. The Hall–Kier alpha value is -4.41. The van der Waals surface area contributed by atoms with E-state index in [0.717, 1.165) is 0 Å². The number of carbonyl (C=O) groups excluding carboxylic acids is 3. The Morgan fingerprint density at radius 2 is 1.26 bits per heavy atom. The molecule has 4 atom stereocenters. The normalized spacial score (nSPS) is 23.0. The van der Waals surface area contributed by atoms with Crippen molar-refractivity contribution in [3.63, 3.8) is 0 Å². The average molecular weight is 691 g/mol. The Morgan fingerprint density at radius 1 is 0.809 bits per heavy atom. The summed E-state index contributed by atoms with van der Waals surface area (Å²) in [6, 6.07) is 12.5. The Kier molecular flexibility index (Phi) is 10.8. The molecule has 2 aromatic rings. The first-order valence-electron chi connectivity index (χ1n) is 14.5. The van der Waals surface area contributed by atoms with E-state index >= 15 is 0 Å². The minimum Gasteiger partial charge on any atom is -0.444 e. The second-order valence-corrected chi connectivity index (χ2v) is 15.4. The highest BCUT2D eigenvalue weighted by atomic mass is 32.2. The maximum absolute atomic E-state index is 12.8. The lowest BCUT2D eigenvalue weighted by Gasteiger charge is -2.23. The lowest BCUT2D eigenvalue weighted by Crippen LogP contribution is -2.52. The van der Waals surface area contributed by atoms with Gasteiger partial charge in [-0.1, -0.05) is 36.4 Å². The lowest BCUT2D eigenvalue weighted by atomic mass is 10.2. The monoisotopic (exact) mass is 690 g/mol. The molecule has 0 saturated heterocycles. The molecule has 0 radical (unpaired) electrons. The summed E-state index contributed by atoms with van der Waals surface area (Å²) >= 11 is 0. The van der Waals surface area contributed by atoms with Crippen molar-refractivity contribution < 1.29 is 36.0 Å². The molecule has 4 rings (SSSR count). The van der Waals surface area contributed by atoms with E-state index < -0.39 is 54.6 Å². The molecule has 2 saturated carbocycles. The third kappa shape index (κ3) is 8.50. The number of ether oxygens (including phenoxy) is 1. The quantitative estimate of drug-likeness (QED) is 0.188. The molecule has 0 bridgehead atoms. The molecule has 0 spiro atoms. The van der Waals surface area contributed by atoms with Gasteiger partial charge in [-0.3, -0.25) is 9.59 Å². The zero-order valence-corrected chi connectivity index (χ0v) is 28.5. The number of alkyl carbamates (subject to hydrolysis) is 1. The summed E-state index contributed by atoms with van der Waals surface area (Å²) < 4.78 is 59.1. The minimum atomic E-state index is -4.14. The first-order chi connectivity index (χ1) is 21.8. The molecule has 0 aliphatic heterocycles. The first kappa shape index (κ1) is 37.1. The molecule has 2 aliphatic rings. The summed E-state index contributed by atoms with van der Waals surface area (Å²) in [7, 11) is -4.90. The van der Waals surface area contributed by atoms with Gasteiger partial charge in [0.1, 0.15) is 26.5 Å². The summed E-state index contributed by atoms with van der Waals surface area (Å²) in [5.41, 5.74) is 3.29. The van der Waals surface area contributed by atoms with Gasteiger partial charge in [0.2, 0.25) is 0 Å². The van der Waals surface area contributed by atoms with E-state index in [1.807, 2.05) is 4.72 Å². The summed E-state index contributed by atoms with van der Waals surface area (Å²) in [6.07, 6.45) is 2.92. The van der Waals surface area contributed by atoms with Crippen LogP contribution in [0.15, 0.2) is 83.6 Å². The van der Waals surface area contributed by atoms with E-state index in [9.17, 15) is 31.2 Å². The fourth-order valence-corrected chi connectivity index (χ4v) is 7.25. The Labute approximate surface area is 275 Å². The van der Waals surface area contributed by atoms with E-state index in [-0.39, 0.29) is 28.0 Å². The molecule has 0 aromatic heterocycles. The Morgan fingerprint density at radius 3 is 1.64 bits per heavy atom. The van der Waals surface area contributed by atoms with E-state index in [4.69, 9.17) is 10.5 Å². The smallest absolute Gasteiger partial charge is 0.408 e. The maximum Gasteiger partial charge on any atom is 0.408 e. The predicted octanol–water partition coefficient (Wildman–Crippen LogP) is 2.44. The van der Waals surface area contributed by atoms with Crippen molar-refractivity contribution in [2.75, 3.05) is 24.7 Å². The molecular formula is C31H42N6O8S2. The van der Waals surface area contributed by atoms with Crippen molar-refractivity contribution in [3.8, 4) is 0 Å². The van der Waals surface area contributed by atoms with Gasteiger partial charge >= 0.3 is 6.09 Å². The number of anilines is 2. The number of hydrogen-bond donors (Lipinski definition) is 6. The van der Waals surface area contributed by atoms with Gasteiger partial charge in [0.15, 0.2) is 0 Å². The fraction of sp³-hybridized carbons (Fsp3) is 0.387. The number of hydrogen-bond acceptors (Lipinski definition) is 11. The number of carbonyl (C=O) groups is 3. The second kappa shape index (κ2) is 13.8. The van der Waals surface area contributed by atoms with Crippen LogP contribution >= 0.6 is 0 Å². The topological polar surface area (TPSA) is 215 Å². The molecule has 256 valence electrons. The second-order valence-electron chi connectivity index (χ2n) is 12.1. The van der Waals surface area contributed by atoms with Crippen LogP contribution in [0.4, 0.5) is 16.2 Å². The van der Waals surface area contributed by atoms with Crippen molar-refractivity contribution in [2.45, 2.75) is 60.1 Å². The summed E-state index contributed by atoms with van der Waals surface area (Å²) in [6.45, 7) is 12.3. The van der Waals surface area contributed by atoms with E-state index in [1.165, 1.54) is 18.2 Å². The molecule has 47 heavy (non-hydrogen) atoms. The molecule has 2 aromatic carbocycles. The zero-order chi connectivity index (χ0) is 35.4. The minimum absolute atomic E-state index is 0.00949. The van der Waals surface area contributed by atoms with Gasteiger partial charge in [0.05, 0.1) is 11.4 Å². The fourth-order valence-electron chi connectivity index (χ4n) is 4.73. The van der Waals surface area contributed by atoms with Crippen molar-refractivity contribution >= 4 is 49.3 Å². The molecule has 2 fully saturated rings. The molecule has 7 N–H and O–H groups in total. The number of para-hydroxylation sites is 2. The van der Waals surface area contributed by atoms with Crippen molar-refractivity contribution in [2.24, 2.45) is 17.6 Å². The van der Waals surface area contributed by atoms with Crippen LogP contribution < -0.4 is 31.1 Å². The SMILES string of the molecule is C=C[C@@H]1C[C@]1(N)C(=O)NS(=O)(=O)c1ccccc1NC.C=C[C@@H]1C[C@]1(NC(=O)OC(C)(C)C)C(=O)NS(=O)(=O)c1ccccc1NC. The van der Waals surface area contributed by atoms with Crippen molar-refractivity contribution in [3.05, 3.63) is 73.8 Å². The average Bonchev–Trinajstić information content (AvgIpc) is 3.90. The number of rotatable bonds is 11. The number of benzene rings is 2. The van der Waals surface area contributed by atoms with E-state index in [2.05, 4.69) is 33.8 Å². The first-order valence-corrected chi connectivity index (χ1v) is 17.5. The van der Waals surface area contributed by atoms with Gasteiger partial charge < -0.3 is 26.4 Å². The van der Waals surface area contributed by atoms with Crippen LogP contribution in [0.2, 0.25) is 0 Å². The van der Waals surface area contributed by atoms with Crippen molar-refractivity contribution in [1.82, 2.24) is 14.8 Å². The highest BCUT2D eigenvalue weighted by Crippen LogP contribution is 2.45. The molecule has 14 nitrogen and oxygen atoms in total. The van der Waals surface area contributed by atoms with Crippen LogP contribution in [-0.4, -0.2) is 65.5 Å². The third-order valence-corrected chi connectivity index (χ3v) is 10.3. The molecule has 16 heteroatoms. The molecule has 0 heterocycles. The molecular weight excluding hydrogens is 649 g/mol. The molecule has 2 aliphatic carbocycles. The van der Waals surface area contributed by atoms with Crippen LogP contribution in [0.5, 0.6) is 0 Å². The number of sulfonamides is 2. The van der Waals surface area contributed by atoms with Gasteiger partial charge in [0, 0.05) is 25.9 Å². The van der Waals surface area contributed by atoms with Gasteiger partial charge in [-0.05, 0) is 57.9 Å². The summed E-state index contributed by atoms with van der Waals surface area (Å²) in [4.78, 5) is 36.8. The van der Waals surface area contributed by atoms with Crippen molar-refractivity contribution in [1.29, 1.82) is 0 Å². The van der Waals surface area contributed by atoms with Gasteiger partial charge in [-0.15, -0.1) is 13.2 Å². The number of amides is 3. The van der Waals surface area contributed by atoms with Crippen LogP contribution in [-0.2, 0) is 34.4 Å². The zero-order valence-electron chi connectivity index (χ0n) is 26.9. The largest absolute Gasteiger partial charge is 0.444 e. The van der Waals surface area contributed by atoms with Gasteiger partial charge in [-0.2, -0.15) is 0 Å². The van der Waals surface area contributed by atoms with E-state index in [1.54, 1.807) is 77.3 Å². The maximum atomic E-state index is 12.8.